The fourth-order valence-corrected chi connectivity index (χ4v) is 4.20. The van der Waals surface area contributed by atoms with Crippen molar-refractivity contribution >= 4 is 27.4 Å². The van der Waals surface area contributed by atoms with Crippen molar-refractivity contribution in [1.82, 2.24) is 14.9 Å². The first kappa shape index (κ1) is 14.6. The second-order valence-electron chi connectivity index (χ2n) is 6.16. The molecule has 0 amide bonds. The van der Waals surface area contributed by atoms with Gasteiger partial charge in [0.25, 0.3) is 0 Å². The van der Waals surface area contributed by atoms with Crippen LogP contribution in [-0.4, -0.2) is 41.0 Å². The van der Waals surface area contributed by atoms with Crippen LogP contribution in [0.15, 0.2) is 42.7 Å². The summed E-state index contributed by atoms with van der Waals surface area (Å²) in [5.74, 6) is 0.966. The summed E-state index contributed by atoms with van der Waals surface area (Å²) >= 11 is 1.73. The van der Waals surface area contributed by atoms with Crippen LogP contribution in [-0.2, 0) is 0 Å². The second-order valence-corrected chi connectivity index (χ2v) is 7.19. The van der Waals surface area contributed by atoms with E-state index in [-0.39, 0.29) is 0 Å². The van der Waals surface area contributed by atoms with Gasteiger partial charge in [-0.2, -0.15) is 0 Å². The molecule has 0 bridgehead atoms. The molecule has 1 atom stereocenters. The van der Waals surface area contributed by atoms with Gasteiger partial charge in [0.15, 0.2) is 0 Å². The Labute approximate surface area is 140 Å². The molecule has 0 unspecified atom stereocenters. The molecule has 5 heteroatoms. The van der Waals surface area contributed by atoms with E-state index >= 15 is 0 Å². The number of likely N-dealkylation sites (N-methyl/N-ethyl adjacent to an activating group) is 1. The van der Waals surface area contributed by atoms with Gasteiger partial charge in [0, 0.05) is 17.5 Å². The van der Waals surface area contributed by atoms with E-state index in [0.29, 0.717) is 6.04 Å². The minimum atomic E-state index is 0.465. The molecule has 23 heavy (non-hydrogen) atoms. The van der Waals surface area contributed by atoms with E-state index < -0.39 is 0 Å². The van der Waals surface area contributed by atoms with Gasteiger partial charge in [-0.15, -0.1) is 11.3 Å². The molecular weight excluding hydrogens is 304 g/mol. The van der Waals surface area contributed by atoms with Crippen LogP contribution in [0.5, 0.6) is 0 Å². The van der Waals surface area contributed by atoms with E-state index in [9.17, 15) is 0 Å². The van der Waals surface area contributed by atoms with E-state index in [1.54, 1.807) is 17.7 Å². The second kappa shape index (κ2) is 6.26. The quantitative estimate of drug-likeness (QED) is 0.794. The Bertz CT molecular complexity index is 799. The topological polar surface area (TPSA) is 41.0 Å². The maximum Gasteiger partial charge on any atom is 0.138 e. The minimum absolute atomic E-state index is 0.465. The number of rotatable bonds is 3. The molecule has 4 nitrogen and oxygen atoms in total. The zero-order valence-corrected chi connectivity index (χ0v) is 14.0. The average Bonchev–Trinajstić information content (AvgIpc) is 3.01. The number of thiophene rings is 1. The molecule has 4 rings (SSSR count). The van der Waals surface area contributed by atoms with Crippen molar-refractivity contribution in [2.75, 3.05) is 25.5 Å². The number of nitrogens with one attached hydrogen (secondary N) is 1. The molecule has 1 fully saturated rings. The minimum Gasteiger partial charge on any atom is -0.365 e. The van der Waals surface area contributed by atoms with Crippen LogP contribution in [0.4, 0.5) is 5.82 Å². The highest BCUT2D eigenvalue weighted by Gasteiger charge is 2.19. The maximum absolute atomic E-state index is 4.50. The zero-order valence-electron chi connectivity index (χ0n) is 13.2. The lowest BCUT2D eigenvalue weighted by molar-refractivity contribution is 0.261. The number of benzene rings is 1. The Hall–Kier alpha value is -1.98. The molecule has 3 aromatic rings. The van der Waals surface area contributed by atoms with Crippen LogP contribution in [0.1, 0.15) is 12.8 Å². The Morgan fingerprint density at radius 1 is 1.22 bits per heavy atom. The molecule has 2 aromatic heterocycles. The number of hydrogen-bond donors (Lipinski definition) is 1. The summed E-state index contributed by atoms with van der Waals surface area (Å²) in [6.07, 6.45) is 4.11. The fourth-order valence-electron chi connectivity index (χ4n) is 3.19. The maximum atomic E-state index is 4.50. The number of hydrogen-bond acceptors (Lipinski definition) is 5. The summed E-state index contributed by atoms with van der Waals surface area (Å²) in [6.45, 7) is 2.26. The SMILES string of the molecule is CN1CCC[C@H](Nc2ncnc3sc(-c4ccccc4)cc23)C1. The standard InChI is InChI=1S/C18H20N4S/c1-22-9-5-8-14(11-22)21-17-15-10-16(13-6-3-2-4-7-13)23-18(15)20-12-19-17/h2-4,6-7,10,12,14H,5,8-9,11H2,1H3,(H,19,20,21)/t14-/m0/s1. The third-order valence-electron chi connectivity index (χ3n) is 4.35. The number of fused-ring (bicyclic) bond motifs is 1. The first-order valence-electron chi connectivity index (χ1n) is 8.04. The average molecular weight is 324 g/mol. The number of likely N-dealkylation sites (tertiary alicyclic amines) is 1. The summed E-state index contributed by atoms with van der Waals surface area (Å²) in [7, 11) is 2.18. The highest BCUT2D eigenvalue weighted by Crippen LogP contribution is 2.35. The Balaban J connectivity index is 1.66. The smallest absolute Gasteiger partial charge is 0.138 e. The zero-order chi connectivity index (χ0) is 15.6. The largest absolute Gasteiger partial charge is 0.365 e. The Morgan fingerprint density at radius 2 is 2.09 bits per heavy atom. The first-order chi connectivity index (χ1) is 11.3. The van der Waals surface area contributed by atoms with Crippen molar-refractivity contribution in [3.63, 3.8) is 0 Å². The lowest BCUT2D eigenvalue weighted by Gasteiger charge is -2.30. The predicted molar refractivity (Wildman–Crippen MR) is 97.0 cm³/mol. The molecule has 1 saturated heterocycles. The van der Waals surface area contributed by atoms with E-state index in [2.05, 4.69) is 57.6 Å². The number of nitrogens with zero attached hydrogens (tertiary/aromatic N) is 3. The highest BCUT2D eigenvalue weighted by molar-refractivity contribution is 7.21. The number of aromatic nitrogens is 2. The molecule has 1 N–H and O–H groups in total. The normalized spacial score (nSPS) is 19.1. The van der Waals surface area contributed by atoms with Crippen LogP contribution >= 0.6 is 11.3 Å². The van der Waals surface area contributed by atoms with Gasteiger partial charge in [-0.1, -0.05) is 30.3 Å². The third-order valence-corrected chi connectivity index (χ3v) is 5.45. The fraction of sp³-hybridized carbons (Fsp3) is 0.333. The molecule has 0 radical (unpaired) electrons. The Kier molecular flexibility index (Phi) is 3.97. The van der Waals surface area contributed by atoms with Crippen LogP contribution in [0, 0.1) is 0 Å². The Morgan fingerprint density at radius 3 is 2.91 bits per heavy atom. The summed E-state index contributed by atoms with van der Waals surface area (Å²) in [5, 5.41) is 4.76. The van der Waals surface area contributed by atoms with Gasteiger partial charge >= 0.3 is 0 Å². The van der Waals surface area contributed by atoms with Crippen molar-refractivity contribution in [2.24, 2.45) is 0 Å². The van der Waals surface area contributed by atoms with E-state index in [1.807, 2.05) is 6.07 Å². The molecule has 0 saturated carbocycles. The van der Waals surface area contributed by atoms with Gasteiger partial charge in [-0.3, -0.25) is 0 Å². The van der Waals surface area contributed by atoms with Crippen molar-refractivity contribution in [3.05, 3.63) is 42.7 Å². The van der Waals surface area contributed by atoms with Crippen LogP contribution in [0.2, 0.25) is 0 Å². The van der Waals surface area contributed by atoms with Gasteiger partial charge in [0.2, 0.25) is 0 Å². The molecule has 0 spiro atoms. The molecule has 1 aliphatic heterocycles. The van der Waals surface area contributed by atoms with Crippen molar-refractivity contribution < 1.29 is 0 Å². The molecule has 0 aliphatic carbocycles. The molecule has 1 aromatic carbocycles. The van der Waals surface area contributed by atoms with E-state index in [4.69, 9.17) is 0 Å². The van der Waals surface area contributed by atoms with E-state index in [1.165, 1.54) is 29.8 Å². The number of piperidine rings is 1. The lowest BCUT2D eigenvalue weighted by Crippen LogP contribution is -2.39. The van der Waals surface area contributed by atoms with Gasteiger partial charge < -0.3 is 10.2 Å². The predicted octanol–water partition coefficient (Wildman–Crippen LogP) is 3.86. The van der Waals surface area contributed by atoms with Gasteiger partial charge in [0.05, 0.1) is 5.39 Å². The van der Waals surface area contributed by atoms with E-state index in [0.717, 1.165) is 22.6 Å². The summed E-state index contributed by atoms with van der Waals surface area (Å²) < 4.78 is 0. The lowest BCUT2D eigenvalue weighted by atomic mass is 10.1. The van der Waals surface area contributed by atoms with Gasteiger partial charge in [-0.25, -0.2) is 9.97 Å². The van der Waals surface area contributed by atoms with Crippen LogP contribution in [0.3, 0.4) is 0 Å². The molecule has 3 heterocycles. The van der Waals surface area contributed by atoms with Crippen LogP contribution < -0.4 is 5.32 Å². The molecule has 1 aliphatic rings. The first-order valence-corrected chi connectivity index (χ1v) is 8.86. The van der Waals surface area contributed by atoms with Gasteiger partial charge in [0.1, 0.15) is 17.0 Å². The third kappa shape index (κ3) is 3.07. The summed E-state index contributed by atoms with van der Waals surface area (Å²) in [5.41, 5.74) is 1.24. The highest BCUT2D eigenvalue weighted by atomic mass is 32.1. The van der Waals surface area contributed by atoms with Crippen molar-refractivity contribution in [2.45, 2.75) is 18.9 Å². The molecule has 118 valence electrons. The van der Waals surface area contributed by atoms with Crippen molar-refractivity contribution in [3.8, 4) is 10.4 Å². The summed E-state index contributed by atoms with van der Waals surface area (Å²) in [6, 6.07) is 13.1. The van der Waals surface area contributed by atoms with Crippen LogP contribution in [0.25, 0.3) is 20.7 Å². The monoisotopic (exact) mass is 324 g/mol. The molecular formula is C18H20N4S. The van der Waals surface area contributed by atoms with Crippen molar-refractivity contribution in [1.29, 1.82) is 0 Å². The number of anilines is 1. The van der Waals surface area contributed by atoms with Gasteiger partial charge in [-0.05, 0) is 38.1 Å². The summed E-state index contributed by atoms with van der Waals surface area (Å²) in [4.78, 5) is 13.6.